The zero-order valence-corrected chi connectivity index (χ0v) is 60.6. The van der Waals surface area contributed by atoms with Crippen LogP contribution in [-0.2, 0) is 38.2 Å². The van der Waals surface area contributed by atoms with Crippen LogP contribution in [0.1, 0.15) is 207 Å². The molecule has 0 aliphatic carbocycles. The van der Waals surface area contributed by atoms with Gasteiger partial charge in [-0.2, -0.15) is 0 Å². The van der Waals surface area contributed by atoms with E-state index in [4.69, 9.17) is 29.4 Å². The van der Waals surface area contributed by atoms with E-state index in [0.29, 0.717) is 13.2 Å². The summed E-state index contributed by atoms with van der Waals surface area (Å²) < 4.78 is 14.1. The quantitative estimate of drug-likeness (QED) is 0.127. The maximum absolute atomic E-state index is 7.03. The van der Waals surface area contributed by atoms with Crippen molar-refractivity contribution in [3.05, 3.63) is 247 Å². The van der Waals surface area contributed by atoms with E-state index in [1.54, 1.807) is 0 Å². The number of hydrogen-bond acceptors (Lipinski definition) is 4. The van der Waals surface area contributed by atoms with Crippen LogP contribution in [-0.4, -0.2) is 43.1 Å². The summed E-state index contributed by atoms with van der Waals surface area (Å²) >= 11 is 0. The summed E-state index contributed by atoms with van der Waals surface area (Å²) in [7, 11) is 0. The molecule has 0 spiro atoms. The van der Waals surface area contributed by atoms with Crippen LogP contribution in [0.5, 0.6) is 11.5 Å². The molecule has 0 saturated heterocycles. The molecule has 0 amide bonds. The third kappa shape index (κ3) is 12.1. The second kappa shape index (κ2) is 26.4. The van der Waals surface area contributed by atoms with Gasteiger partial charge in [-0.1, -0.05) is 135 Å². The monoisotopic (exact) mass is 1350 g/mol. The number of ether oxygens (including phenoxy) is 2. The first-order valence-electron chi connectivity index (χ1n) is 35.7. The van der Waals surface area contributed by atoms with Crippen LogP contribution in [0.15, 0.2) is 146 Å². The van der Waals surface area contributed by atoms with Crippen LogP contribution in [0, 0.1) is 41.5 Å². The van der Waals surface area contributed by atoms with Crippen molar-refractivity contribution >= 4 is 46.4 Å². The summed E-state index contributed by atoms with van der Waals surface area (Å²) in [5.41, 5.74) is 29.9. The molecule has 4 aromatic carbocycles. The Balaban J connectivity index is 0.00000836. The summed E-state index contributed by atoms with van der Waals surface area (Å²) in [6.07, 6.45) is 18.7. The first-order valence-corrected chi connectivity index (χ1v) is 35.7. The van der Waals surface area contributed by atoms with Crippen LogP contribution in [0.3, 0.4) is 0 Å². The molecule has 4 N–H and O–H groups in total. The molecule has 0 unspecified atom stereocenters. The molecule has 0 fully saturated rings. The number of nitrogens with zero attached hydrogens (tertiary/aromatic N) is 4. The summed E-state index contributed by atoms with van der Waals surface area (Å²) in [5.74, 6) is 1.59. The largest absolute Gasteiger partial charge is 2.00 e. The minimum Gasteiger partial charge on any atom is -0.657 e. The normalized spacial score (nSPS) is 18.5. The van der Waals surface area contributed by atoms with Gasteiger partial charge in [-0.05, 0) is 249 Å². The van der Waals surface area contributed by atoms with E-state index in [2.05, 4.69) is 273 Å². The minimum atomic E-state index is -0.320. The topological polar surface area (TPSA) is 136 Å². The fourth-order valence-corrected chi connectivity index (χ4v) is 16.6. The van der Waals surface area contributed by atoms with Crippen LogP contribution < -0.4 is 19.4 Å². The van der Waals surface area contributed by atoms with Gasteiger partial charge in [-0.3, -0.25) is 0 Å². The first kappa shape index (κ1) is 66.9. The summed E-state index contributed by atoms with van der Waals surface area (Å²) in [4.78, 5) is 39.2. The number of nitrogens with one attached hydrogen (secondary N) is 4. The SMILES string of the molecule is Cc1cc(C)c(-c2c3nc(c4c5ccc([n-]5)c(-c5c(C)cc(C)cc5C)c5nc(c(c6ccc2[n-]6)-c2ccccc2OCCCCCCC2(C)c6ccc([nH]6)C(C)(C)c6ccc([nH]6)C(C)(CCCCCCOc6ccccc6-4)c4ccc([nH]4)C(C)(C)c4ccc2[nH]4)C=C5)C=C3)c(C)c1.[Ni+2]. The molecule has 18 rings (SSSR count). The van der Waals surface area contributed by atoms with Gasteiger partial charge in [-0.15, -0.1) is 22.1 Å². The van der Waals surface area contributed by atoms with Crippen molar-refractivity contribution in [2.24, 2.45) is 0 Å². The number of rotatable bonds is 2. The smallest absolute Gasteiger partial charge is 0.657 e. The van der Waals surface area contributed by atoms with E-state index in [9.17, 15) is 0 Å². The molecule has 10 nitrogen and oxygen atoms in total. The molecule has 99 heavy (non-hydrogen) atoms. The zero-order valence-electron chi connectivity index (χ0n) is 59.6. The van der Waals surface area contributed by atoms with Crippen LogP contribution in [0.4, 0.5) is 0 Å². The average molecular weight is 1350 g/mol. The Kier molecular flexibility index (Phi) is 17.9. The molecule has 7 aliphatic heterocycles. The first-order chi connectivity index (χ1) is 47.3. The Hall–Kier alpha value is -9.31. The molecule has 11 heteroatoms. The van der Waals surface area contributed by atoms with Gasteiger partial charge in [0, 0.05) is 78.3 Å². The molecule has 14 heterocycles. The fourth-order valence-electron chi connectivity index (χ4n) is 16.6. The van der Waals surface area contributed by atoms with Gasteiger partial charge in [0.15, 0.2) is 0 Å². The molecule has 0 radical (unpaired) electrons. The maximum atomic E-state index is 7.03. The van der Waals surface area contributed by atoms with Crippen LogP contribution in [0.25, 0.3) is 90.9 Å². The summed E-state index contributed by atoms with van der Waals surface area (Å²) in [6.45, 7) is 28.6. The number of aromatic amines is 4. The second-order valence-corrected chi connectivity index (χ2v) is 30.0. The van der Waals surface area contributed by atoms with Crippen molar-refractivity contribution in [2.45, 2.75) is 169 Å². The predicted octanol–water partition coefficient (Wildman–Crippen LogP) is 21.7. The minimum absolute atomic E-state index is 0. The van der Waals surface area contributed by atoms with Gasteiger partial charge in [0.05, 0.1) is 36.0 Å². The average Bonchev–Trinajstić information content (AvgIpc) is 1.60. The van der Waals surface area contributed by atoms with E-state index in [1.165, 1.54) is 56.7 Å². The maximum Gasteiger partial charge on any atom is 2.00 e. The van der Waals surface area contributed by atoms with Crippen LogP contribution >= 0.6 is 0 Å². The van der Waals surface area contributed by atoms with E-state index in [-0.39, 0.29) is 38.2 Å². The fraction of sp³-hybridized carbons (Fsp3) is 0.318. The van der Waals surface area contributed by atoms with Gasteiger partial charge in [0.1, 0.15) is 11.5 Å². The van der Waals surface area contributed by atoms with Crippen molar-refractivity contribution in [3.63, 3.8) is 0 Å². The molecule has 506 valence electrons. The van der Waals surface area contributed by atoms with E-state index in [1.807, 2.05) is 0 Å². The van der Waals surface area contributed by atoms with Crippen molar-refractivity contribution in [1.29, 1.82) is 0 Å². The van der Waals surface area contributed by atoms with Crippen molar-refractivity contribution in [1.82, 2.24) is 39.9 Å². The van der Waals surface area contributed by atoms with Gasteiger partial charge in [-0.25, -0.2) is 9.97 Å². The third-order valence-corrected chi connectivity index (χ3v) is 22.2. The molecule has 11 aromatic rings. The summed E-state index contributed by atoms with van der Waals surface area (Å²) in [6, 6.07) is 53.4. The standard InChI is InChI=1S/C88H92N8O2.Ni/c1-53-49-55(3)79(56(4)50-53)83-65-33-29-61(89-65)81-59-25-17-19-27-69(59)97-47-23-15-13-21-45-87(11)75-41-37-71(93-75)85(7,8)72-38-42-76(94-72)88(12,78-44-40-74(96-78)86(9,10)73-39-43-77(87)95-73)46-22-14-16-24-48-98-70-28-20-18-26-60(70)82(62-30-34-66(83)90-62)64-32-36-68(92-64)84(67-35-31-63(81)91-67)80-57(5)51-54(2)52-58(80)6;/h17-20,25-44,49-52,93-96H,13-16,21-24,45-48H2,1-12H3;/q-2;+2. The molecule has 0 atom stereocenters. The predicted molar refractivity (Wildman–Crippen MR) is 404 cm³/mol. The number of aromatic nitrogens is 8. The van der Waals surface area contributed by atoms with Crippen molar-refractivity contribution in [3.8, 4) is 56.0 Å². The Bertz CT molecular complexity index is 4690. The Morgan fingerprint density at radius 1 is 0.333 bits per heavy atom. The van der Waals surface area contributed by atoms with Gasteiger partial charge < -0.3 is 39.4 Å². The molecular formula is C88H92N8NiO2. The number of benzene rings is 4. The molecule has 20 bridgehead atoms. The van der Waals surface area contributed by atoms with Crippen molar-refractivity contribution < 1.29 is 26.0 Å². The number of hydrogen-bond donors (Lipinski definition) is 4. The third-order valence-electron chi connectivity index (χ3n) is 22.2. The molecule has 7 aromatic heterocycles. The van der Waals surface area contributed by atoms with E-state index in [0.717, 1.165) is 187 Å². The molecular weight excluding hydrogens is 1260 g/mol. The molecule has 7 aliphatic rings. The van der Waals surface area contributed by atoms with Crippen molar-refractivity contribution in [2.75, 3.05) is 13.2 Å². The Labute approximate surface area is 594 Å². The number of aryl methyl sites for hydroxylation is 6. The second-order valence-electron chi connectivity index (χ2n) is 30.0. The summed E-state index contributed by atoms with van der Waals surface area (Å²) in [5, 5.41) is 0. The van der Waals surface area contributed by atoms with E-state index >= 15 is 0 Å². The number of para-hydroxylation sites is 2. The van der Waals surface area contributed by atoms with Gasteiger partial charge >= 0.3 is 16.5 Å². The van der Waals surface area contributed by atoms with Crippen LogP contribution in [0.2, 0.25) is 0 Å². The number of H-pyrrole nitrogens is 4. The zero-order chi connectivity index (χ0) is 67.8. The van der Waals surface area contributed by atoms with Gasteiger partial charge in [0.2, 0.25) is 0 Å². The molecule has 0 saturated carbocycles. The van der Waals surface area contributed by atoms with Gasteiger partial charge in [0.25, 0.3) is 0 Å². The Morgan fingerprint density at radius 2 is 0.626 bits per heavy atom. The van der Waals surface area contributed by atoms with E-state index < -0.39 is 0 Å². The Morgan fingerprint density at radius 3 is 0.970 bits per heavy atom.